The third-order valence-electron chi connectivity index (χ3n) is 3.03. The molecule has 0 bridgehead atoms. The van der Waals surface area contributed by atoms with Gasteiger partial charge in [0.15, 0.2) is 5.82 Å². The fourth-order valence-electron chi connectivity index (χ4n) is 2.16. The van der Waals surface area contributed by atoms with Crippen molar-refractivity contribution in [2.75, 3.05) is 12.8 Å². The zero-order chi connectivity index (χ0) is 13.4. The molecule has 0 saturated carbocycles. The van der Waals surface area contributed by atoms with Gasteiger partial charge in [0, 0.05) is 18.5 Å². The number of rotatable bonds is 3. The Bertz CT molecular complexity index is 616. The Balaban J connectivity index is 2.07. The van der Waals surface area contributed by atoms with Crippen LogP contribution in [0.1, 0.15) is 5.56 Å². The molecule has 3 N–H and O–H groups in total. The Kier molecular flexibility index (Phi) is 3.16. The summed E-state index contributed by atoms with van der Waals surface area (Å²) in [5.41, 5.74) is 7.03. The molecule has 0 spiro atoms. The molecule has 3 rings (SSSR count). The van der Waals surface area contributed by atoms with Gasteiger partial charge in [-0.25, -0.2) is 9.37 Å². The number of hydrogen-bond donors (Lipinski definition) is 2. The largest absolute Gasteiger partial charge is 0.488 e. The van der Waals surface area contributed by atoms with Crippen molar-refractivity contribution < 1.29 is 9.13 Å². The monoisotopic (exact) mass is 280 g/mol. The lowest BCUT2D eigenvalue weighted by Crippen LogP contribution is -2.24. The molecule has 100 valence electrons. The number of nitrogens with zero attached hydrogens (tertiary/aromatic N) is 2. The van der Waals surface area contributed by atoms with Crippen molar-refractivity contribution in [3.8, 4) is 17.1 Å². The van der Waals surface area contributed by atoms with Crippen LogP contribution in [-0.2, 0) is 6.42 Å². The van der Waals surface area contributed by atoms with Gasteiger partial charge in [-0.05, 0) is 18.4 Å². The Morgan fingerprint density at radius 3 is 3.11 bits per heavy atom. The number of hydrogen-bond acceptors (Lipinski definition) is 5. The molecule has 5 nitrogen and oxygen atoms in total. The second kappa shape index (κ2) is 4.82. The molecule has 1 aliphatic heterocycles. The van der Waals surface area contributed by atoms with E-state index in [2.05, 4.69) is 15.2 Å². The molecular formula is C12H13FN4OS. The van der Waals surface area contributed by atoms with Crippen molar-refractivity contribution in [2.24, 2.45) is 5.73 Å². The van der Waals surface area contributed by atoms with Crippen molar-refractivity contribution in [2.45, 2.75) is 17.7 Å². The van der Waals surface area contributed by atoms with Crippen LogP contribution in [0.15, 0.2) is 17.3 Å². The van der Waals surface area contributed by atoms with Crippen LogP contribution in [0.25, 0.3) is 11.4 Å². The van der Waals surface area contributed by atoms with E-state index in [1.54, 1.807) is 0 Å². The van der Waals surface area contributed by atoms with Gasteiger partial charge in [-0.3, -0.25) is 5.10 Å². The van der Waals surface area contributed by atoms with Gasteiger partial charge in [-0.2, -0.15) is 0 Å². The smallest absolute Gasteiger partial charge is 0.208 e. The Morgan fingerprint density at radius 1 is 1.58 bits per heavy atom. The minimum absolute atomic E-state index is 0.0986. The molecule has 0 amide bonds. The van der Waals surface area contributed by atoms with Crippen molar-refractivity contribution in [1.29, 1.82) is 0 Å². The van der Waals surface area contributed by atoms with Crippen LogP contribution < -0.4 is 10.5 Å². The molecule has 1 aromatic heterocycles. The van der Waals surface area contributed by atoms with Crippen LogP contribution >= 0.6 is 11.8 Å². The number of halogens is 1. The first kappa shape index (κ1) is 12.4. The van der Waals surface area contributed by atoms with Gasteiger partial charge in [0.25, 0.3) is 0 Å². The fourth-order valence-corrected chi connectivity index (χ4v) is 2.48. The lowest BCUT2D eigenvalue weighted by molar-refractivity contribution is 0.242. The standard InChI is InChI=1S/C12H13FN4OS/c1-19-12-15-11(16-17-12)9-4-7(13)2-6-3-8(5-14)18-10(6)9/h2,4,8H,3,5,14H2,1H3,(H,15,16,17)/t8-/m1/s1. The van der Waals surface area contributed by atoms with E-state index in [1.165, 1.54) is 23.9 Å². The second-order valence-corrected chi connectivity index (χ2v) is 5.07. The average molecular weight is 280 g/mol. The zero-order valence-electron chi connectivity index (χ0n) is 10.3. The summed E-state index contributed by atoms with van der Waals surface area (Å²) < 4.78 is 19.4. The molecule has 0 unspecified atom stereocenters. The van der Waals surface area contributed by atoms with Crippen LogP contribution in [0, 0.1) is 5.82 Å². The van der Waals surface area contributed by atoms with Gasteiger partial charge >= 0.3 is 0 Å². The van der Waals surface area contributed by atoms with Crippen molar-refractivity contribution >= 4 is 11.8 Å². The van der Waals surface area contributed by atoms with Gasteiger partial charge in [0.2, 0.25) is 5.16 Å². The van der Waals surface area contributed by atoms with Gasteiger partial charge in [-0.1, -0.05) is 11.8 Å². The highest BCUT2D eigenvalue weighted by Gasteiger charge is 2.27. The van der Waals surface area contributed by atoms with Gasteiger partial charge < -0.3 is 10.5 Å². The summed E-state index contributed by atoms with van der Waals surface area (Å²) in [6.07, 6.45) is 2.41. The number of aromatic nitrogens is 3. The predicted molar refractivity (Wildman–Crippen MR) is 70.7 cm³/mol. The molecule has 0 saturated heterocycles. The molecule has 1 aliphatic rings. The summed E-state index contributed by atoms with van der Waals surface area (Å²) in [4.78, 5) is 4.29. The molecule has 19 heavy (non-hydrogen) atoms. The zero-order valence-corrected chi connectivity index (χ0v) is 11.1. The lowest BCUT2D eigenvalue weighted by Gasteiger charge is -2.09. The van der Waals surface area contributed by atoms with Crippen LogP contribution in [0.4, 0.5) is 4.39 Å². The molecule has 7 heteroatoms. The number of nitrogens with two attached hydrogens (primary N) is 1. The molecule has 0 radical (unpaired) electrons. The molecule has 2 heterocycles. The molecule has 0 fully saturated rings. The highest BCUT2D eigenvalue weighted by Crippen LogP contribution is 2.38. The number of fused-ring (bicyclic) bond motifs is 1. The summed E-state index contributed by atoms with van der Waals surface area (Å²) in [6.45, 7) is 0.405. The number of nitrogens with one attached hydrogen (secondary N) is 1. The van der Waals surface area contributed by atoms with E-state index >= 15 is 0 Å². The summed E-state index contributed by atoms with van der Waals surface area (Å²) in [5.74, 6) is 0.857. The van der Waals surface area contributed by atoms with Gasteiger partial charge in [-0.15, -0.1) is 5.10 Å². The van der Waals surface area contributed by atoms with Crippen LogP contribution in [0.5, 0.6) is 5.75 Å². The van der Waals surface area contributed by atoms with E-state index in [-0.39, 0.29) is 11.9 Å². The molecular weight excluding hydrogens is 267 g/mol. The number of benzene rings is 1. The number of aromatic amines is 1. The highest BCUT2D eigenvalue weighted by atomic mass is 32.2. The first-order valence-corrected chi connectivity index (χ1v) is 7.09. The van der Waals surface area contributed by atoms with E-state index in [1.807, 2.05) is 6.26 Å². The van der Waals surface area contributed by atoms with Crippen LogP contribution in [-0.4, -0.2) is 34.1 Å². The summed E-state index contributed by atoms with van der Waals surface area (Å²) >= 11 is 1.42. The van der Waals surface area contributed by atoms with E-state index in [4.69, 9.17) is 10.5 Å². The minimum atomic E-state index is -0.308. The highest BCUT2D eigenvalue weighted by molar-refractivity contribution is 7.98. The predicted octanol–water partition coefficient (Wildman–Crippen LogP) is 1.59. The first-order valence-electron chi connectivity index (χ1n) is 5.87. The Hall–Kier alpha value is -1.60. The molecule has 0 aliphatic carbocycles. The topological polar surface area (TPSA) is 76.8 Å². The maximum absolute atomic E-state index is 13.7. The lowest BCUT2D eigenvalue weighted by atomic mass is 10.1. The Labute approximate surface area is 113 Å². The third-order valence-corrected chi connectivity index (χ3v) is 3.58. The van der Waals surface area contributed by atoms with Crippen molar-refractivity contribution in [1.82, 2.24) is 15.2 Å². The van der Waals surface area contributed by atoms with E-state index in [9.17, 15) is 4.39 Å². The second-order valence-electron chi connectivity index (χ2n) is 4.29. The van der Waals surface area contributed by atoms with Crippen molar-refractivity contribution in [3.05, 3.63) is 23.5 Å². The summed E-state index contributed by atoms with van der Waals surface area (Å²) in [7, 11) is 0. The number of H-pyrrole nitrogens is 1. The maximum Gasteiger partial charge on any atom is 0.208 e. The molecule has 2 aromatic rings. The SMILES string of the molecule is CSc1n[nH]c(-c2cc(F)cc3c2O[C@@H](CN)C3)n1. The van der Waals surface area contributed by atoms with E-state index in [0.717, 1.165) is 5.56 Å². The minimum Gasteiger partial charge on any atom is -0.488 e. The molecule has 1 aromatic carbocycles. The number of thioether (sulfide) groups is 1. The summed E-state index contributed by atoms with van der Waals surface area (Å²) in [5, 5.41) is 7.44. The van der Waals surface area contributed by atoms with Gasteiger partial charge in [0.05, 0.1) is 5.56 Å². The van der Waals surface area contributed by atoms with Gasteiger partial charge in [0.1, 0.15) is 17.7 Å². The maximum atomic E-state index is 13.7. The number of ether oxygens (including phenoxy) is 1. The normalized spacial score (nSPS) is 17.3. The summed E-state index contributed by atoms with van der Waals surface area (Å²) in [6, 6.07) is 2.89. The van der Waals surface area contributed by atoms with Crippen LogP contribution in [0.2, 0.25) is 0 Å². The van der Waals surface area contributed by atoms with E-state index < -0.39 is 0 Å². The first-order chi connectivity index (χ1) is 9.21. The average Bonchev–Trinajstić information content (AvgIpc) is 3.03. The van der Waals surface area contributed by atoms with Crippen molar-refractivity contribution in [3.63, 3.8) is 0 Å². The fraction of sp³-hybridized carbons (Fsp3) is 0.333. The van der Waals surface area contributed by atoms with Crippen LogP contribution in [0.3, 0.4) is 0 Å². The quantitative estimate of drug-likeness (QED) is 0.835. The third kappa shape index (κ3) is 2.19. The Morgan fingerprint density at radius 2 is 2.42 bits per heavy atom. The molecule has 1 atom stereocenters. The van der Waals surface area contributed by atoms with E-state index in [0.29, 0.717) is 35.3 Å².